The molecule has 1 saturated heterocycles. The SMILES string of the molecule is CCC(C)(CO)CC1CCOCC1. The van der Waals surface area contributed by atoms with Crippen molar-refractivity contribution in [3.05, 3.63) is 0 Å². The summed E-state index contributed by atoms with van der Waals surface area (Å²) in [6.07, 6.45) is 4.58. The van der Waals surface area contributed by atoms with E-state index in [4.69, 9.17) is 4.74 Å². The van der Waals surface area contributed by atoms with E-state index in [9.17, 15) is 5.11 Å². The first-order chi connectivity index (χ1) is 6.20. The van der Waals surface area contributed by atoms with Crippen molar-refractivity contribution in [2.75, 3.05) is 19.8 Å². The van der Waals surface area contributed by atoms with Crippen molar-refractivity contribution in [1.29, 1.82) is 0 Å². The van der Waals surface area contributed by atoms with Crippen LogP contribution in [-0.4, -0.2) is 24.9 Å². The van der Waals surface area contributed by atoms with Gasteiger partial charge in [0, 0.05) is 19.8 Å². The van der Waals surface area contributed by atoms with Crippen molar-refractivity contribution in [2.45, 2.75) is 39.5 Å². The highest BCUT2D eigenvalue weighted by atomic mass is 16.5. The van der Waals surface area contributed by atoms with Gasteiger partial charge in [-0.1, -0.05) is 13.8 Å². The van der Waals surface area contributed by atoms with Crippen molar-refractivity contribution >= 4 is 0 Å². The molecule has 0 aromatic carbocycles. The Hall–Kier alpha value is -0.0800. The molecule has 13 heavy (non-hydrogen) atoms. The van der Waals surface area contributed by atoms with Crippen LogP contribution in [0.15, 0.2) is 0 Å². The predicted molar refractivity (Wildman–Crippen MR) is 53.6 cm³/mol. The minimum Gasteiger partial charge on any atom is -0.396 e. The molecule has 1 atom stereocenters. The van der Waals surface area contributed by atoms with Crippen LogP contribution in [0.3, 0.4) is 0 Å². The Morgan fingerprint density at radius 3 is 2.46 bits per heavy atom. The van der Waals surface area contributed by atoms with Crippen LogP contribution in [0.5, 0.6) is 0 Å². The lowest BCUT2D eigenvalue weighted by Gasteiger charge is -2.32. The first-order valence-corrected chi connectivity index (χ1v) is 5.39. The Morgan fingerprint density at radius 2 is 2.00 bits per heavy atom. The van der Waals surface area contributed by atoms with E-state index < -0.39 is 0 Å². The lowest BCUT2D eigenvalue weighted by Crippen LogP contribution is -2.27. The number of aliphatic hydroxyl groups excluding tert-OH is 1. The second-order valence-electron chi connectivity index (χ2n) is 4.58. The molecule has 1 fully saturated rings. The molecule has 1 aliphatic heterocycles. The summed E-state index contributed by atoms with van der Waals surface area (Å²) in [4.78, 5) is 0. The molecule has 1 rings (SSSR count). The fourth-order valence-corrected chi connectivity index (χ4v) is 1.97. The first kappa shape index (κ1) is 11.0. The van der Waals surface area contributed by atoms with Gasteiger partial charge in [-0.3, -0.25) is 0 Å². The van der Waals surface area contributed by atoms with E-state index in [1.54, 1.807) is 0 Å². The molecule has 1 N–H and O–H groups in total. The quantitative estimate of drug-likeness (QED) is 0.729. The molecule has 2 nitrogen and oxygen atoms in total. The number of ether oxygens (including phenoxy) is 1. The third kappa shape index (κ3) is 3.28. The van der Waals surface area contributed by atoms with Crippen LogP contribution in [0.4, 0.5) is 0 Å². The highest BCUT2D eigenvalue weighted by molar-refractivity contribution is 4.77. The monoisotopic (exact) mass is 186 g/mol. The summed E-state index contributed by atoms with van der Waals surface area (Å²) in [6, 6.07) is 0. The smallest absolute Gasteiger partial charge is 0.0484 e. The van der Waals surface area contributed by atoms with Gasteiger partial charge in [-0.25, -0.2) is 0 Å². The van der Waals surface area contributed by atoms with E-state index in [-0.39, 0.29) is 5.41 Å². The lowest BCUT2D eigenvalue weighted by atomic mass is 9.77. The maximum Gasteiger partial charge on any atom is 0.0484 e. The highest BCUT2D eigenvalue weighted by Gasteiger charge is 2.26. The highest BCUT2D eigenvalue weighted by Crippen LogP contribution is 2.33. The van der Waals surface area contributed by atoms with E-state index in [1.807, 2.05) is 0 Å². The number of hydrogen-bond acceptors (Lipinski definition) is 2. The van der Waals surface area contributed by atoms with Gasteiger partial charge in [0.25, 0.3) is 0 Å². The van der Waals surface area contributed by atoms with E-state index in [0.29, 0.717) is 6.61 Å². The third-order valence-corrected chi connectivity index (χ3v) is 3.36. The maximum absolute atomic E-state index is 9.28. The molecule has 1 unspecified atom stereocenters. The first-order valence-electron chi connectivity index (χ1n) is 5.39. The Labute approximate surface area is 81.3 Å². The molecule has 0 aliphatic carbocycles. The van der Waals surface area contributed by atoms with Gasteiger partial charge in [0.15, 0.2) is 0 Å². The second-order valence-corrected chi connectivity index (χ2v) is 4.58. The van der Waals surface area contributed by atoms with E-state index >= 15 is 0 Å². The predicted octanol–water partition coefficient (Wildman–Crippen LogP) is 2.21. The summed E-state index contributed by atoms with van der Waals surface area (Å²) in [7, 11) is 0. The summed E-state index contributed by atoms with van der Waals surface area (Å²) < 4.78 is 5.32. The molecule has 1 aliphatic rings. The summed E-state index contributed by atoms with van der Waals surface area (Å²) in [5.41, 5.74) is 0.141. The average Bonchev–Trinajstić information content (AvgIpc) is 2.19. The lowest BCUT2D eigenvalue weighted by molar-refractivity contribution is 0.0342. The van der Waals surface area contributed by atoms with Gasteiger partial charge in [0.05, 0.1) is 0 Å². The standard InChI is InChI=1S/C11H22O2/c1-3-11(2,9-12)8-10-4-6-13-7-5-10/h10,12H,3-9H2,1-2H3. The second kappa shape index (κ2) is 4.97. The molecule has 0 aromatic heterocycles. The molecule has 0 amide bonds. The van der Waals surface area contributed by atoms with Crippen molar-refractivity contribution in [3.8, 4) is 0 Å². The summed E-state index contributed by atoms with van der Waals surface area (Å²) >= 11 is 0. The van der Waals surface area contributed by atoms with E-state index in [0.717, 1.165) is 32.0 Å². The van der Waals surface area contributed by atoms with Crippen molar-refractivity contribution in [3.63, 3.8) is 0 Å². The van der Waals surface area contributed by atoms with Gasteiger partial charge in [-0.2, -0.15) is 0 Å². The zero-order chi connectivity index (χ0) is 9.73. The van der Waals surface area contributed by atoms with Crippen LogP contribution in [0.2, 0.25) is 0 Å². The Balaban J connectivity index is 2.35. The largest absolute Gasteiger partial charge is 0.396 e. The number of hydrogen-bond donors (Lipinski definition) is 1. The summed E-state index contributed by atoms with van der Waals surface area (Å²) in [5, 5.41) is 9.28. The average molecular weight is 186 g/mol. The van der Waals surface area contributed by atoms with Gasteiger partial charge in [0.1, 0.15) is 0 Å². The molecule has 2 heteroatoms. The third-order valence-electron chi connectivity index (χ3n) is 3.36. The maximum atomic E-state index is 9.28. The van der Waals surface area contributed by atoms with Gasteiger partial charge < -0.3 is 9.84 Å². The van der Waals surface area contributed by atoms with Crippen molar-refractivity contribution < 1.29 is 9.84 Å². The minimum atomic E-state index is 0.141. The summed E-state index contributed by atoms with van der Waals surface area (Å²) in [6.45, 7) is 6.49. The van der Waals surface area contributed by atoms with Crippen LogP contribution in [0.25, 0.3) is 0 Å². The van der Waals surface area contributed by atoms with Crippen LogP contribution in [0, 0.1) is 11.3 Å². The van der Waals surface area contributed by atoms with Gasteiger partial charge in [-0.15, -0.1) is 0 Å². The Bertz CT molecular complexity index is 135. The summed E-state index contributed by atoms with van der Waals surface area (Å²) in [5.74, 6) is 0.769. The van der Waals surface area contributed by atoms with Crippen LogP contribution in [0.1, 0.15) is 39.5 Å². The molecule has 0 aromatic rings. The van der Waals surface area contributed by atoms with Crippen LogP contribution < -0.4 is 0 Å². The Kier molecular flexibility index (Phi) is 4.20. The number of rotatable bonds is 4. The normalized spacial score (nSPS) is 24.2. The Morgan fingerprint density at radius 1 is 1.38 bits per heavy atom. The van der Waals surface area contributed by atoms with Crippen molar-refractivity contribution in [2.24, 2.45) is 11.3 Å². The zero-order valence-electron chi connectivity index (χ0n) is 8.88. The van der Waals surface area contributed by atoms with Gasteiger partial charge in [-0.05, 0) is 37.0 Å². The minimum absolute atomic E-state index is 0.141. The fourth-order valence-electron chi connectivity index (χ4n) is 1.97. The molecule has 0 saturated carbocycles. The molecule has 1 heterocycles. The van der Waals surface area contributed by atoms with Crippen LogP contribution in [-0.2, 0) is 4.74 Å². The van der Waals surface area contributed by atoms with Gasteiger partial charge >= 0.3 is 0 Å². The molecular formula is C11H22O2. The van der Waals surface area contributed by atoms with Crippen LogP contribution >= 0.6 is 0 Å². The van der Waals surface area contributed by atoms with Crippen molar-refractivity contribution in [1.82, 2.24) is 0 Å². The molecular weight excluding hydrogens is 164 g/mol. The number of aliphatic hydroxyl groups is 1. The molecule has 78 valence electrons. The van der Waals surface area contributed by atoms with Gasteiger partial charge in [0.2, 0.25) is 0 Å². The topological polar surface area (TPSA) is 29.5 Å². The zero-order valence-corrected chi connectivity index (χ0v) is 8.88. The molecule has 0 radical (unpaired) electrons. The molecule has 0 bridgehead atoms. The molecule has 0 spiro atoms. The van der Waals surface area contributed by atoms with E-state index in [2.05, 4.69) is 13.8 Å². The fraction of sp³-hybridized carbons (Fsp3) is 1.00. The van der Waals surface area contributed by atoms with E-state index in [1.165, 1.54) is 12.8 Å².